The number of benzene rings is 1. The molecule has 0 radical (unpaired) electrons. The van der Waals surface area contributed by atoms with Crippen LogP contribution < -0.4 is 15.6 Å². The molecule has 1 aliphatic heterocycles. The molecule has 0 saturated carbocycles. The Hall–Kier alpha value is -2.50. The first-order chi connectivity index (χ1) is 10.1. The Balaban J connectivity index is 1.75. The molecular weight excluding hydrogens is 272 g/mol. The lowest BCUT2D eigenvalue weighted by atomic mass is 10.0. The minimum atomic E-state index is -0.526. The minimum Gasteiger partial charge on any atom is -0.481 e. The summed E-state index contributed by atoms with van der Waals surface area (Å²) in [6.45, 7) is 2.26. The maximum Gasteiger partial charge on any atom is 0.300 e. The highest BCUT2D eigenvalue weighted by molar-refractivity contribution is 5.79. The fourth-order valence-corrected chi connectivity index (χ4v) is 2.42. The van der Waals surface area contributed by atoms with Gasteiger partial charge in [0.2, 0.25) is 0 Å². The van der Waals surface area contributed by atoms with Crippen LogP contribution in [0.25, 0.3) is 0 Å². The first-order valence-corrected chi connectivity index (χ1v) is 6.87. The van der Waals surface area contributed by atoms with Crippen molar-refractivity contribution in [3.05, 3.63) is 45.9 Å². The lowest BCUT2D eigenvalue weighted by molar-refractivity contribution is 0.0703. The molecule has 0 atom stereocenters. The number of nitrogens with one attached hydrogen (secondary N) is 1. The van der Waals surface area contributed by atoms with Crippen LogP contribution in [0.1, 0.15) is 22.5 Å². The number of hydrogen-bond acceptors (Lipinski definition) is 5. The maximum absolute atomic E-state index is 11.9. The van der Waals surface area contributed by atoms with Gasteiger partial charge in [-0.3, -0.25) is 9.59 Å². The summed E-state index contributed by atoms with van der Waals surface area (Å²) in [6, 6.07) is 7.01. The van der Waals surface area contributed by atoms with E-state index in [1.54, 1.807) is 13.0 Å². The molecule has 1 aromatic heterocycles. The predicted octanol–water partition coefficient (Wildman–Crippen LogP) is 1.83. The van der Waals surface area contributed by atoms with Gasteiger partial charge in [-0.15, -0.1) is 0 Å². The largest absolute Gasteiger partial charge is 0.481 e. The van der Waals surface area contributed by atoms with Gasteiger partial charge in [-0.1, -0.05) is 16.9 Å². The number of aryl methyl sites for hydroxylation is 2. The molecule has 6 heteroatoms. The zero-order valence-electron chi connectivity index (χ0n) is 11.7. The second-order valence-electron chi connectivity index (χ2n) is 4.98. The van der Waals surface area contributed by atoms with E-state index >= 15 is 0 Å². The number of rotatable bonds is 3. The van der Waals surface area contributed by atoms with Gasteiger partial charge in [-0.25, -0.2) is 0 Å². The zero-order chi connectivity index (χ0) is 14.8. The quantitative estimate of drug-likeness (QED) is 0.932. The summed E-state index contributed by atoms with van der Waals surface area (Å²) in [5, 5.41) is 3.28. The third kappa shape index (κ3) is 2.69. The van der Waals surface area contributed by atoms with Crippen molar-refractivity contribution in [2.24, 2.45) is 0 Å². The van der Waals surface area contributed by atoms with E-state index in [2.05, 4.69) is 5.32 Å². The normalized spacial score (nSPS) is 13.4. The SMILES string of the molecule is Cc1cc(=O)n(C(=O)COc2cccc3c2NCCC3)o1. The van der Waals surface area contributed by atoms with Crippen molar-refractivity contribution in [2.45, 2.75) is 19.8 Å². The van der Waals surface area contributed by atoms with Gasteiger partial charge in [0.1, 0.15) is 11.5 Å². The van der Waals surface area contributed by atoms with Crippen molar-refractivity contribution in [1.82, 2.24) is 4.74 Å². The third-order valence-corrected chi connectivity index (χ3v) is 3.38. The molecule has 0 aliphatic carbocycles. The number of hydrogen-bond donors (Lipinski definition) is 1. The lowest BCUT2D eigenvalue weighted by Crippen LogP contribution is -2.27. The number of carbonyl (C=O) groups is 1. The fraction of sp³-hybridized carbons (Fsp3) is 0.333. The Morgan fingerprint density at radius 2 is 2.33 bits per heavy atom. The van der Waals surface area contributed by atoms with Gasteiger partial charge in [-0.2, -0.15) is 0 Å². The number of fused-ring (bicyclic) bond motifs is 1. The van der Waals surface area contributed by atoms with E-state index in [9.17, 15) is 9.59 Å². The number of ether oxygens (including phenoxy) is 1. The third-order valence-electron chi connectivity index (χ3n) is 3.38. The molecule has 110 valence electrons. The van der Waals surface area contributed by atoms with E-state index in [1.165, 1.54) is 11.6 Å². The number of carbonyl (C=O) groups excluding carboxylic acids is 1. The van der Waals surface area contributed by atoms with Crippen molar-refractivity contribution >= 4 is 11.6 Å². The molecule has 0 bridgehead atoms. The average Bonchev–Trinajstić information content (AvgIpc) is 2.83. The first-order valence-electron chi connectivity index (χ1n) is 6.87. The Kier molecular flexibility index (Phi) is 3.51. The van der Waals surface area contributed by atoms with Gasteiger partial charge >= 0.3 is 5.91 Å². The number of aromatic nitrogens is 1. The van der Waals surface area contributed by atoms with Crippen molar-refractivity contribution in [3.8, 4) is 5.75 Å². The highest BCUT2D eigenvalue weighted by Gasteiger charge is 2.16. The molecule has 0 amide bonds. The van der Waals surface area contributed by atoms with E-state index in [0.29, 0.717) is 11.5 Å². The Morgan fingerprint density at radius 3 is 3.10 bits per heavy atom. The first kappa shape index (κ1) is 13.5. The molecule has 2 heterocycles. The Labute approximate surface area is 121 Å². The zero-order valence-corrected chi connectivity index (χ0v) is 11.7. The van der Waals surface area contributed by atoms with Gasteiger partial charge < -0.3 is 14.6 Å². The van der Waals surface area contributed by atoms with Gasteiger partial charge in [-0.05, 0) is 31.4 Å². The summed E-state index contributed by atoms with van der Waals surface area (Å²) < 4.78 is 11.3. The van der Waals surface area contributed by atoms with Crippen LogP contribution in [-0.4, -0.2) is 23.8 Å². The molecule has 0 unspecified atom stereocenters. The van der Waals surface area contributed by atoms with Gasteiger partial charge in [0.15, 0.2) is 6.61 Å². The fourth-order valence-electron chi connectivity index (χ4n) is 2.42. The molecule has 2 aromatic rings. The van der Waals surface area contributed by atoms with Crippen LogP contribution in [0.3, 0.4) is 0 Å². The van der Waals surface area contributed by atoms with Crippen LogP contribution in [0.5, 0.6) is 5.75 Å². The molecular formula is C15H16N2O4. The molecule has 21 heavy (non-hydrogen) atoms. The molecule has 1 N–H and O–H groups in total. The molecule has 0 fully saturated rings. The number of para-hydroxylation sites is 1. The van der Waals surface area contributed by atoms with E-state index in [-0.39, 0.29) is 6.61 Å². The highest BCUT2D eigenvalue weighted by atomic mass is 16.5. The van der Waals surface area contributed by atoms with E-state index in [1.807, 2.05) is 12.1 Å². The van der Waals surface area contributed by atoms with Crippen molar-refractivity contribution in [2.75, 3.05) is 18.5 Å². The van der Waals surface area contributed by atoms with Crippen molar-refractivity contribution in [3.63, 3.8) is 0 Å². The van der Waals surface area contributed by atoms with Crippen LogP contribution in [0, 0.1) is 6.92 Å². The highest BCUT2D eigenvalue weighted by Crippen LogP contribution is 2.31. The number of nitrogens with zero attached hydrogens (tertiary/aromatic N) is 1. The second kappa shape index (κ2) is 5.47. The topological polar surface area (TPSA) is 73.5 Å². The molecule has 0 saturated heterocycles. The standard InChI is InChI=1S/C15H16N2O4/c1-10-8-13(18)17(21-10)14(19)9-20-12-6-2-4-11-5-3-7-16-15(11)12/h2,4,6,8,16H,3,5,7,9H2,1H3. The molecule has 3 rings (SSSR count). The van der Waals surface area contributed by atoms with E-state index < -0.39 is 11.5 Å². The Bertz CT molecular complexity index is 730. The summed E-state index contributed by atoms with van der Waals surface area (Å²) in [4.78, 5) is 23.5. The molecule has 1 aromatic carbocycles. The summed E-state index contributed by atoms with van der Waals surface area (Å²) in [7, 11) is 0. The predicted molar refractivity (Wildman–Crippen MR) is 77.1 cm³/mol. The second-order valence-corrected chi connectivity index (χ2v) is 4.98. The van der Waals surface area contributed by atoms with Crippen LogP contribution in [-0.2, 0) is 6.42 Å². The Morgan fingerprint density at radius 1 is 1.48 bits per heavy atom. The van der Waals surface area contributed by atoms with Gasteiger partial charge in [0, 0.05) is 12.6 Å². The van der Waals surface area contributed by atoms with Crippen molar-refractivity contribution in [1.29, 1.82) is 0 Å². The van der Waals surface area contributed by atoms with E-state index in [4.69, 9.17) is 9.26 Å². The average molecular weight is 288 g/mol. The smallest absolute Gasteiger partial charge is 0.300 e. The van der Waals surface area contributed by atoms with Crippen molar-refractivity contribution < 1.29 is 14.1 Å². The number of anilines is 1. The van der Waals surface area contributed by atoms with Gasteiger partial charge in [0.25, 0.3) is 5.56 Å². The molecule has 0 spiro atoms. The minimum absolute atomic E-state index is 0.245. The molecule has 6 nitrogen and oxygen atoms in total. The maximum atomic E-state index is 11.9. The summed E-state index contributed by atoms with van der Waals surface area (Å²) in [5.41, 5.74) is 1.63. The summed E-state index contributed by atoms with van der Waals surface area (Å²) in [6.07, 6.45) is 2.07. The summed E-state index contributed by atoms with van der Waals surface area (Å²) in [5.74, 6) is 0.491. The van der Waals surface area contributed by atoms with E-state index in [0.717, 1.165) is 29.8 Å². The van der Waals surface area contributed by atoms with Crippen LogP contribution in [0.4, 0.5) is 5.69 Å². The van der Waals surface area contributed by atoms with Gasteiger partial charge in [0.05, 0.1) is 5.69 Å². The molecule has 1 aliphatic rings. The lowest BCUT2D eigenvalue weighted by Gasteiger charge is -2.20. The summed E-state index contributed by atoms with van der Waals surface area (Å²) >= 11 is 0. The van der Waals surface area contributed by atoms with Crippen LogP contribution in [0.2, 0.25) is 0 Å². The van der Waals surface area contributed by atoms with Crippen LogP contribution >= 0.6 is 0 Å². The van der Waals surface area contributed by atoms with Crippen LogP contribution in [0.15, 0.2) is 33.6 Å². The monoisotopic (exact) mass is 288 g/mol.